The van der Waals surface area contributed by atoms with Gasteiger partial charge in [-0.1, -0.05) is 31.1 Å². The molecule has 1 fully saturated rings. The van der Waals surface area contributed by atoms with Crippen molar-refractivity contribution in [2.75, 3.05) is 32.8 Å². The van der Waals surface area contributed by atoms with E-state index in [-0.39, 0.29) is 11.9 Å². The molecule has 0 aliphatic carbocycles. The summed E-state index contributed by atoms with van der Waals surface area (Å²) in [4.78, 5) is 12.6. The molecule has 0 saturated carbocycles. The smallest absolute Gasteiger partial charge is 0.251 e. The lowest BCUT2D eigenvalue weighted by atomic mass is 10.1. The second kappa shape index (κ2) is 11.8. The third-order valence-corrected chi connectivity index (χ3v) is 5.22. The Morgan fingerprint density at radius 3 is 2.24 bits per heavy atom. The number of rotatable bonds is 10. The van der Waals surface area contributed by atoms with E-state index in [9.17, 15) is 4.79 Å². The van der Waals surface area contributed by atoms with E-state index in [4.69, 9.17) is 4.74 Å². The molecule has 0 radical (unpaired) electrons. The molecule has 5 heteroatoms. The average molecular weight is 400 g/mol. The molecule has 2 rings (SSSR count). The van der Waals surface area contributed by atoms with Crippen molar-refractivity contribution in [1.82, 2.24) is 15.3 Å². The normalized spacial score (nSPS) is 16.1. The van der Waals surface area contributed by atoms with Gasteiger partial charge >= 0.3 is 0 Å². The summed E-state index contributed by atoms with van der Waals surface area (Å²) < 4.78 is 5.79. The Morgan fingerprint density at radius 1 is 1.07 bits per heavy atom. The molecular weight excluding hydrogens is 362 g/mol. The van der Waals surface area contributed by atoms with Gasteiger partial charge in [0, 0.05) is 31.7 Å². The molecule has 29 heavy (non-hydrogen) atoms. The molecule has 160 valence electrons. The van der Waals surface area contributed by atoms with E-state index in [2.05, 4.69) is 62.1 Å². The van der Waals surface area contributed by atoms with Crippen molar-refractivity contribution in [1.29, 1.82) is 0 Å². The molecule has 0 bridgehead atoms. The van der Waals surface area contributed by atoms with E-state index >= 15 is 0 Å². The Morgan fingerprint density at radius 2 is 1.69 bits per heavy atom. The van der Waals surface area contributed by atoms with E-state index in [0.29, 0.717) is 12.2 Å². The van der Waals surface area contributed by atoms with Gasteiger partial charge in [0.1, 0.15) is 12.4 Å². The molecule has 1 heterocycles. The predicted octanol–water partition coefficient (Wildman–Crippen LogP) is 4.43. The first-order valence-electron chi connectivity index (χ1n) is 10.7. The van der Waals surface area contributed by atoms with Crippen molar-refractivity contribution in [2.45, 2.75) is 53.5 Å². The molecule has 0 atom stereocenters. The molecule has 1 aromatic carbocycles. The summed E-state index contributed by atoms with van der Waals surface area (Å²) in [5.41, 5.74) is 3.36. The van der Waals surface area contributed by atoms with Crippen LogP contribution < -0.4 is 10.1 Å². The first-order chi connectivity index (χ1) is 13.9. The van der Waals surface area contributed by atoms with Gasteiger partial charge in [0.25, 0.3) is 5.91 Å². The Labute approximate surface area is 176 Å². The second-order valence-corrected chi connectivity index (χ2v) is 7.89. The van der Waals surface area contributed by atoms with Crippen LogP contribution in [0.4, 0.5) is 0 Å². The third-order valence-electron chi connectivity index (χ3n) is 5.22. The average Bonchev–Trinajstić information content (AvgIpc) is 3.10. The summed E-state index contributed by atoms with van der Waals surface area (Å²) in [6.07, 6.45) is 6.51. The minimum Gasteiger partial charge on any atom is -0.490 e. The third kappa shape index (κ3) is 7.67. The van der Waals surface area contributed by atoms with Gasteiger partial charge < -0.3 is 10.1 Å². The zero-order valence-corrected chi connectivity index (χ0v) is 18.7. The molecule has 1 amide bonds. The molecule has 5 nitrogen and oxygen atoms in total. The number of allylic oxidation sites excluding steroid dienone is 3. The zero-order valence-electron chi connectivity index (χ0n) is 18.7. The first kappa shape index (κ1) is 23.2. The molecule has 1 aliphatic rings. The van der Waals surface area contributed by atoms with Crippen molar-refractivity contribution in [2.24, 2.45) is 0 Å². The monoisotopic (exact) mass is 399 g/mol. The minimum absolute atomic E-state index is 0.0226. The first-order valence-corrected chi connectivity index (χ1v) is 10.7. The largest absolute Gasteiger partial charge is 0.490 e. The highest BCUT2D eigenvalue weighted by Gasteiger charge is 2.28. The van der Waals surface area contributed by atoms with Crippen LogP contribution >= 0.6 is 0 Å². The van der Waals surface area contributed by atoms with E-state index < -0.39 is 0 Å². The maximum atomic E-state index is 12.6. The molecular formula is C24H37N3O2. The molecule has 0 spiro atoms. The quantitative estimate of drug-likeness (QED) is 0.591. The number of ether oxygens (including phenoxy) is 1. The Hall–Kier alpha value is -2.11. The molecule has 1 aromatic rings. The van der Waals surface area contributed by atoms with Crippen LogP contribution in [0.25, 0.3) is 0 Å². The number of hydrazine groups is 1. The van der Waals surface area contributed by atoms with Crippen LogP contribution in [-0.2, 0) is 0 Å². The number of carbonyl (C=O) groups is 1. The number of hydrogen-bond acceptors (Lipinski definition) is 4. The number of nitrogens with zero attached hydrogens (tertiary/aromatic N) is 2. The van der Waals surface area contributed by atoms with E-state index in [0.717, 1.165) is 44.8 Å². The van der Waals surface area contributed by atoms with Gasteiger partial charge in [-0.3, -0.25) is 4.79 Å². The summed E-state index contributed by atoms with van der Waals surface area (Å²) in [5, 5.41) is 7.73. The predicted molar refractivity (Wildman–Crippen MR) is 120 cm³/mol. The maximum Gasteiger partial charge on any atom is 0.251 e. The summed E-state index contributed by atoms with van der Waals surface area (Å²) in [5.74, 6) is 0.760. The molecule has 1 aliphatic heterocycles. The zero-order chi connectivity index (χ0) is 21.2. The highest BCUT2D eigenvalue weighted by molar-refractivity contribution is 5.94. The maximum absolute atomic E-state index is 12.6. The lowest BCUT2D eigenvalue weighted by Crippen LogP contribution is -2.38. The van der Waals surface area contributed by atoms with Gasteiger partial charge in [-0.2, -0.15) is 0 Å². The van der Waals surface area contributed by atoms with Crippen LogP contribution in [0.1, 0.15) is 57.8 Å². The minimum atomic E-state index is -0.0226. The van der Waals surface area contributed by atoms with Gasteiger partial charge in [-0.05, 0) is 64.0 Å². The topological polar surface area (TPSA) is 44.8 Å². The highest BCUT2D eigenvalue weighted by atomic mass is 16.5. The number of amides is 1. The fourth-order valence-electron chi connectivity index (χ4n) is 3.49. The lowest BCUT2D eigenvalue weighted by molar-refractivity contribution is 0.0388. The fourth-order valence-corrected chi connectivity index (χ4v) is 3.49. The van der Waals surface area contributed by atoms with Crippen molar-refractivity contribution >= 4 is 5.91 Å². The summed E-state index contributed by atoms with van der Waals surface area (Å²) >= 11 is 0. The SMILES string of the molecule is CCN1CC(NC(=O)c2ccc(OC/C=C(/C)CCC=C(C)C)cc2)CN1CC. The van der Waals surface area contributed by atoms with Crippen molar-refractivity contribution < 1.29 is 9.53 Å². The fraction of sp³-hybridized carbons (Fsp3) is 0.542. The van der Waals surface area contributed by atoms with E-state index in [1.165, 1.54) is 11.1 Å². The Kier molecular flexibility index (Phi) is 9.42. The van der Waals surface area contributed by atoms with Gasteiger partial charge in [0.2, 0.25) is 0 Å². The lowest BCUT2D eigenvalue weighted by Gasteiger charge is -2.24. The number of carbonyl (C=O) groups excluding carboxylic acids is 1. The van der Waals surface area contributed by atoms with Crippen LogP contribution in [-0.4, -0.2) is 54.8 Å². The number of nitrogens with one attached hydrogen (secondary N) is 1. The highest BCUT2D eigenvalue weighted by Crippen LogP contribution is 2.15. The standard InChI is InChI=1S/C24H37N3O2/c1-6-26-17-22(18-27(26)7-2)25-24(28)21-11-13-23(14-12-21)29-16-15-20(5)10-8-9-19(3)4/h9,11-15,22H,6-8,10,16-18H2,1-5H3,(H,25,28)/b20-15-. The summed E-state index contributed by atoms with van der Waals surface area (Å²) in [7, 11) is 0. The number of likely N-dealkylation sites (N-methyl/N-ethyl adjacent to an activating group) is 2. The number of benzene rings is 1. The summed E-state index contributed by atoms with van der Waals surface area (Å²) in [6, 6.07) is 7.57. The van der Waals surface area contributed by atoms with Crippen LogP contribution in [0.15, 0.2) is 47.6 Å². The van der Waals surface area contributed by atoms with Gasteiger partial charge in [0.05, 0.1) is 6.04 Å². The van der Waals surface area contributed by atoms with Crippen LogP contribution in [0.2, 0.25) is 0 Å². The molecule has 1 N–H and O–H groups in total. The van der Waals surface area contributed by atoms with Gasteiger partial charge in [0.15, 0.2) is 0 Å². The Bertz CT molecular complexity index is 693. The summed E-state index contributed by atoms with van der Waals surface area (Å²) in [6.45, 7) is 14.9. The van der Waals surface area contributed by atoms with Gasteiger partial charge in [-0.15, -0.1) is 0 Å². The van der Waals surface area contributed by atoms with Crippen molar-refractivity contribution in [3.8, 4) is 5.75 Å². The molecule has 0 unspecified atom stereocenters. The molecule has 1 saturated heterocycles. The van der Waals surface area contributed by atoms with E-state index in [1.807, 2.05) is 24.3 Å². The van der Waals surface area contributed by atoms with Crippen LogP contribution in [0.5, 0.6) is 5.75 Å². The van der Waals surface area contributed by atoms with Gasteiger partial charge in [-0.25, -0.2) is 10.0 Å². The number of hydrogen-bond donors (Lipinski definition) is 1. The van der Waals surface area contributed by atoms with Crippen molar-refractivity contribution in [3.05, 3.63) is 53.1 Å². The van der Waals surface area contributed by atoms with Crippen LogP contribution in [0.3, 0.4) is 0 Å². The molecule has 0 aromatic heterocycles. The second-order valence-electron chi connectivity index (χ2n) is 7.89. The Balaban J connectivity index is 1.79. The van der Waals surface area contributed by atoms with E-state index in [1.54, 1.807) is 0 Å². The van der Waals surface area contributed by atoms with Crippen LogP contribution in [0, 0.1) is 0 Å². The van der Waals surface area contributed by atoms with Crippen molar-refractivity contribution in [3.63, 3.8) is 0 Å².